The van der Waals surface area contributed by atoms with Crippen LogP contribution in [-0.4, -0.2) is 19.1 Å². The van der Waals surface area contributed by atoms with Crippen LogP contribution in [0.5, 0.6) is 11.5 Å². The molecule has 0 aliphatic rings. The van der Waals surface area contributed by atoms with Gasteiger partial charge in [-0.1, -0.05) is 37.6 Å². The van der Waals surface area contributed by atoms with Gasteiger partial charge in [-0.3, -0.25) is 4.79 Å². The lowest BCUT2D eigenvalue weighted by Crippen LogP contribution is -2.13. The van der Waals surface area contributed by atoms with E-state index in [1.165, 1.54) is 0 Å². The summed E-state index contributed by atoms with van der Waals surface area (Å²) in [5, 5.41) is 3.30. The van der Waals surface area contributed by atoms with E-state index in [9.17, 15) is 4.79 Å². The van der Waals surface area contributed by atoms with E-state index in [2.05, 4.69) is 5.32 Å². The third kappa shape index (κ3) is 4.90. The Morgan fingerprint density at radius 3 is 2.33 bits per heavy atom. The second kappa shape index (κ2) is 9.18. The van der Waals surface area contributed by atoms with Crippen molar-refractivity contribution in [1.82, 2.24) is 0 Å². The normalized spacial score (nSPS) is 10.3. The van der Waals surface area contributed by atoms with E-state index in [-0.39, 0.29) is 5.91 Å². The van der Waals surface area contributed by atoms with Crippen LogP contribution in [0.25, 0.3) is 0 Å². The lowest BCUT2D eigenvalue weighted by molar-refractivity contribution is 0.102. The van der Waals surface area contributed by atoms with E-state index in [1.807, 2.05) is 26.0 Å². The molecule has 0 unspecified atom stereocenters. The molecule has 0 saturated carbocycles. The first-order valence-corrected chi connectivity index (χ1v) is 8.49. The topological polar surface area (TPSA) is 47.6 Å². The van der Waals surface area contributed by atoms with Gasteiger partial charge in [0.15, 0.2) is 11.5 Å². The van der Waals surface area contributed by atoms with E-state index in [0.717, 1.165) is 12.8 Å². The summed E-state index contributed by atoms with van der Waals surface area (Å²) in [4.78, 5) is 12.5. The van der Waals surface area contributed by atoms with Crippen molar-refractivity contribution in [1.29, 1.82) is 0 Å². The van der Waals surface area contributed by atoms with Crippen LogP contribution in [0.15, 0.2) is 42.5 Å². The fourth-order valence-corrected chi connectivity index (χ4v) is 2.25. The Labute approximate surface area is 147 Å². The summed E-state index contributed by atoms with van der Waals surface area (Å²) in [5.74, 6) is 0.989. The van der Waals surface area contributed by atoms with Crippen LogP contribution in [0.1, 0.15) is 37.0 Å². The molecule has 2 aromatic carbocycles. The number of para-hydroxylation sites is 1. The molecule has 5 heteroatoms. The van der Waals surface area contributed by atoms with Gasteiger partial charge in [0.2, 0.25) is 0 Å². The van der Waals surface area contributed by atoms with Gasteiger partial charge in [-0.25, -0.2) is 0 Å². The zero-order valence-corrected chi connectivity index (χ0v) is 14.7. The van der Waals surface area contributed by atoms with E-state index in [4.69, 9.17) is 21.1 Å². The smallest absolute Gasteiger partial charge is 0.255 e. The Bertz CT molecular complexity index is 688. The molecule has 0 spiro atoms. The Morgan fingerprint density at radius 2 is 1.67 bits per heavy atom. The molecule has 0 aliphatic heterocycles. The number of amides is 1. The van der Waals surface area contributed by atoms with Gasteiger partial charge < -0.3 is 14.8 Å². The van der Waals surface area contributed by atoms with Gasteiger partial charge in [0.25, 0.3) is 5.91 Å². The van der Waals surface area contributed by atoms with Crippen molar-refractivity contribution < 1.29 is 14.3 Å². The molecule has 0 fully saturated rings. The summed E-state index contributed by atoms with van der Waals surface area (Å²) in [5.41, 5.74) is 1.07. The first-order valence-electron chi connectivity index (χ1n) is 8.11. The van der Waals surface area contributed by atoms with Crippen LogP contribution in [0, 0.1) is 0 Å². The van der Waals surface area contributed by atoms with Gasteiger partial charge in [-0.05, 0) is 43.2 Å². The Balaban J connectivity index is 2.19. The second-order valence-electron chi connectivity index (χ2n) is 5.29. The second-order valence-corrected chi connectivity index (χ2v) is 5.70. The molecule has 0 atom stereocenters. The van der Waals surface area contributed by atoms with Crippen molar-refractivity contribution in [3.8, 4) is 11.5 Å². The van der Waals surface area contributed by atoms with Gasteiger partial charge >= 0.3 is 0 Å². The van der Waals surface area contributed by atoms with Crippen molar-refractivity contribution in [2.45, 2.75) is 26.7 Å². The zero-order valence-electron chi connectivity index (χ0n) is 14.0. The SMILES string of the molecule is CCCOc1ccc(C(=O)Nc2ccccc2Cl)cc1OCCC. The summed E-state index contributed by atoms with van der Waals surface area (Å²) in [7, 11) is 0. The molecule has 1 N–H and O–H groups in total. The molecule has 0 aromatic heterocycles. The number of hydrogen-bond acceptors (Lipinski definition) is 3. The van der Waals surface area contributed by atoms with Crippen LogP contribution in [0.3, 0.4) is 0 Å². The number of anilines is 1. The molecule has 2 rings (SSSR count). The van der Waals surface area contributed by atoms with E-state index in [0.29, 0.717) is 41.0 Å². The summed E-state index contributed by atoms with van der Waals surface area (Å²) in [6.07, 6.45) is 1.78. The average Bonchev–Trinajstić information content (AvgIpc) is 2.60. The van der Waals surface area contributed by atoms with Crippen molar-refractivity contribution >= 4 is 23.2 Å². The molecule has 0 bridgehead atoms. The molecule has 24 heavy (non-hydrogen) atoms. The lowest BCUT2D eigenvalue weighted by Gasteiger charge is -2.14. The molecule has 0 aliphatic carbocycles. The van der Waals surface area contributed by atoms with Gasteiger partial charge in [-0.15, -0.1) is 0 Å². The lowest BCUT2D eigenvalue weighted by atomic mass is 10.1. The van der Waals surface area contributed by atoms with Gasteiger partial charge in [0.1, 0.15) is 0 Å². The van der Waals surface area contributed by atoms with Crippen LogP contribution < -0.4 is 14.8 Å². The number of carbonyl (C=O) groups excluding carboxylic acids is 1. The largest absolute Gasteiger partial charge is 0.490 e. The van der Waals surface area contributed by atoms with Crippen LogP contribution in [0.2, 0.25) is 5.02 Å². The maximum Gasteiger partial charge on any atom is 0.255 e. The molecular formula is C19H22ClNO3. The van der Waals surface area contributed by atoms with E-state index in [1.54, 1.807) is 30.3 Å². The number of hydrogen-bond donors (Lipinski definition) is 1. The minimum Gasteiger partial charge on any atom is -0.490 e. The highest BCUT2D eigenvalue weighted by Gasteiger charge is 2.13. The molecule has 2 aromatic rings. The average molecular weight is 348 g/mol. The standard InChI is InChI=1S/C19H22ClNO3/c1-3-11-23-17-10-9-14(13-18(17)24-12-4-2)19(22)21-16-8-6-5-7-15(16)20/h5-10,13H,3-4,11-12H2,1-2H3,(H,21,22). The third-order valence-corrected chi connectivity index (χ3v) is 3.58. The first kappa shape index (κ1) is 18.1. The predicted octanol–water partition coefficient (Wildman–Crippen LogP) is 5.17. The van der Waals surface area contributed by atoms with Crippen molar-refractivity contribution in [3.63, 3.8) is 0 Å². The summed E-state index contributed by atoms with van der Waals surface area (Å²) < 4.78 is 11.4. The van der Waals surface area contributed by atoms with Crippen LogP contribution >= 0.6 is 11.6 Å². The molecule has 0 saturated heterocycles. The molecule has 4 nitrogen and oxygen atoms in total. The summed E-state index contributed by atoms with van der Waals surface area (Å²) in [6, 6.07) is 12.3. The van der Waals surface area contributed by atoms with Crippen molar-refractivity contribution in [2.75, 3.05) is 18.5 Å². The quantitative estimate of drug-likeness (QED) is 0.716. The van der Waals surface area contributed by atoms with Crippen molar-refractivity contribution in [2.24, 2.45) is 0 Å². The van der Waals surface area contributed by atoms with Crippen LogP contribution in [-0.2, 0) is 0 Å². The monoisotopic (exact) mass is 347 g/mol. The number of ether oxygens (including phenoxy) is 2. The van der Waals surface area contributed by atoms with Gasteiger partial charge in [0.05, 0.1) is 23.9 Å². The van der Waals surface area contributed by atoms with Crippen LogP contribution in [0.4, 0.5) is 5.69 Å². The van der Waals surface area contributed by atoms with Gasteiger partial charge in [-0.2, -0.15) is 0 Å². The fourth-order valence-electron chi connectivity index (χ4n) is 2.06. The fraction of sp³-hybridized carbons (Fsp3) is 0.316. The van der Waals surface area contributed by atoms with E-state index >= 15 is 0 Å². The first-order chi connectivity index (χ1) is 11.7. The summed E-state index contributed by atoms with van der Waals surface area (Å²) >= 11 is 6.08. The maximum atomic E-state index is 12.5. The number of halogens is 1. The van der Waals surface area contributed by atoms with Crippen molar-refractivity contribution in [3.05, 3.63) is 53.1 Å². The summed E-state index contributed by atoms with van der Waals surface area (Å²) in [6.45, 7) is 5.24. The number of carbonyl (C=O) groups is 1. The highest BCUT2D eigenvalue weighted by atomic mass is 35.5. The van der Waals surface area contributed by atoms with E-state index < -0.39 is 0 Å². The Hall–Kier alpha value is -2.20. The molecule has 1 amide bonds. The zero-order chi connectivity index (χ0) is 17.4. The molecule has 0 radical (unpaired) electrons. The minimum atomic E-state index is -0.244. The molecule has 0 heterocycles. The number of rotatable bonds is 8. The highest BCUT2D eigenvalue weighted by Crippen LogP contribution is 2.29. The molecule has 128 valence electrons. The third-order valence-electron chi connectivity index (χ3n) is 3.25. The Kier molecular flexibility index (Phi) is 6.94. The minimum absolute atomic E-state index is 0.244. The molecular weight excluding hydrogens is 326 g/mol. The number of benzene rings is 2. The maximum absolute atomic E-state index is 12.5. The Morgan fingerprint density at radius 1 is 1.00 bits per heavy atom. The predicted molar refractivity (Wildman–Crippen MR) is 97.4 cm³/mol. The highest BCUT2D eigenvalue weighted by molar-refractivity contribution is 6.33. The van der Waals surface area contributed by atoms with Gasteiger partial charge in [0, 0.05) is 5.56 Å². The number of nitrogens with one attached hydrogen (secondary N) is 1.